The molecule has 108 valence electrons. The lowest BCUT2D eigenvalue weighted by Gasteiger charge is -2.14. The highest BCUT2D eigenvalue weighted by Gasteiger charge is 2.13. The summed E-state index contributed by atoms with van der Waals surface area (Å²) in [7, 11) is 0. The topological polar surface area (TPSA) is 29.1 Å². The van der Waals surface area contributed by atoms with Gasteiger partial charge in [-0.1, -0.05) is 67.6 Å². The first-order valence-corrected chi connectivity index (χ1v) is 7.33. The van der Waals surface area contributed by atoms with E-state index in [1.165, 1.54) is 0 Å². The maximum Gasteiger partial charge on any atom is 0.252 e. The summed E-state index contributed by atoms with van der Waals surface area (Å²) in [6.45, 7) is 4.08. The van der Waals surface area contributed by atoms with Crippen LogP contribution in [0.25, 0.3) is 11.6 Å². The van der Waals surface area contributed by atoms with Gasteiger partial charge in [0.15, 0.2) is 0 Å². The van der Waals surface area contributed by atoms with Crippen LogP contribution >= 0.6 is 0 Å². The highest BCUT2D eigenvalue weighted by Crippen LogP contribution is 2.18. The third-order valence-corrected chi connectivity index (χ3v) is 3.43. The molecule has 0 saturated heterocycles. The van der Waals surface area contributed by atoms with E-state index in [1.54, 1.807) is 0 Å². The van der Waals surface area contributed by atoms with E-state index < -0.39 is 0 Å². The van der Waals surface area contributed by atoms with Crippen LogP contribution in [0, 0.1) is 0 Å². The molecule has 0 unspecified atom stereocenters. The van der Waals surface area contributed by atoms with E-state index in [2.05, 4.69) is 12.2 Å². The molecule has 0 aliphatic heterocycles. The van der Waals surface area contributed by atoms with E-state index in [9.17, 15) is 4.79 Å². The Bertz CT molecular complexity index is 602. The van der Waals surface area contributed by atoms with Crippen molar-refractivity contribution in [1.82, 2.24) is 5.32 Å². The average molecular weight is 279 g/mol. The minimum absolute atomic E-state index is 0.0283. The van der Waals surface area contributed by atoms with Crippen LogP contribution in [-0.2, 0) is 4.79 Å². The van der Waals surface area contributed by atoms with Crippen molar-refractivity contribution in [2.45, 2.75) is 26.3 Å². The van der Waals surface area contributed by atoms with Gasteiger partial charge in [0.25, 0.3) is 5.91 Å². The minimum Gasteiger partial charge on any atom is -0.350 e. The summed E-state index contributed by atoms with van der Waals surface area (Å²) in [6, 6.07) is 19.9. The molecule has 0 bridgehead atoms. The molecule has 0 heterocycles. The van der Waals surface area contributed by atoms with Gasteiger partial charge in [0, 0.05) is 11.6 Å². The van der Waals surface area contributed by atoms with Crippen molar-refractivity contribution in [2.75, 3.05) is 0 Å². The van der Waals surface area contributed by atoms with E-state index in [0.29, 0.717) is 5.57 Å². The van der Waals surface area contributed by atoms with Crippen LogP contribution in [0.2, 0.25) is 0 Å². The Kier molecular flexibility index (Phi) is 5.33. The summed E-state index contributed by atoms with van der Waals surface area (Å²) in [5, 5.41) is 3.04. The fraction of sp³-hybridized carbons (Fsp3) is 0.211. The quantitative estimate of drug-likeness (QED) is 0.646. The number of hydrogen-bond acceptors (Lipinski definition) is 1. The standard InChI is InChI=1S/C19H21NO/c1-3-15(2)20-19(21)18(17-12-8-5-9-13-17)14-16-10-6-4-7-11-16/h4-15H,3H2,1-2H3,(H,20,21)/b18-14+/t15-/m1/s1. The summed E-state index contributed by atoms with van der Waals surface area (Å²) in [5.41, 5.74) is 2.65. The maximum absolute atomic E-state index is 12.5. The zero-order chi connectivity index (χ0) is 15.1. The van der Waals surface area contributed by atoms with Crippen LogP contribution < -0.4 is 5.32 Å². The van der Waals surface area contributed by atoms with Crippen LogP contribution in [0.5, 0.6) is 0 Å². The molecule has 0 saturated carbocycles. The zero-order valence-electron chi connectivity index (χ0n) is 12.5. The van der Waals surface area contributed by atoms with Gasteiger partial charge in [-0.05, 0) is 30.5 Å². The molecule has 1 N–H and O–H groups in total. The Morgan fingerprint density at radius 1 is 1.05 bits per heavy atom. The summed E-state index contributed by atoms with van der Waals surface area (Å²) >= 11 is 0. The molecule has 2 nitrogen and oxygen atoms in total. The highest BCUT2D eigenvalue weighted by atomic mass is 16.1. The number of hydrogen-bond donors (Lipinski definition) is 1. The third kappa shape index (κ3) is 4.32. The van der Waals surface area contributed by atoms with Crippen molar-refractivity contribution in [2.24, 2.45) is 0 Å². The molecule has 0 radical (unpaired) electrons. The molecule has 2 rings (SSSR count). The Morgan fingerprint density at radius 3 is 2.19 bits per heavy atom. The fourth-order valence-electron chi connectivity index (χ4n) is 2.02. The van der Waals surface area contributed by atoms with Gasteiger partial charge in [-0.2, -0.15) is 0 Å². The Labute approximate surface area is 126 Å². The molecule has 0 aliphatic carbocycles. The van der Waals surface area contributed by atoms with Gasteiger partial charge in [0.2, 0.25) is 0 Å². The molecular formula is C19H21NO. The van der Waals surface area contributed by atoms with Gasteiger partial charge in [-0.3, -0.25) is 4.79 Å². The van der Waals surface area contributed by atoms with Gasteiger partial charge in [-0.25, -0.2) is 0 Å². The molecule has 1 amide bonds. The van der Waals surface area contributed by atoms with Crippen molar-refractivity contribution >= 4 is 17.6 Å². The summed E-state index contributed by atoms with van der Waals surface area (Å²) < 4.78 is 0. The van der Waals surface area contributed by atoms with Crippen LogP contribution in [-0.4, -0.2) is 11.9 Å². The monoisotopic (exact) mass is 279 g/mol. The van der Waals surface area contributed by atoms with E-state index in [0.717, 1.165) is 17.5 Å². The highest BCUT2D eigenvalue weighted by molar-refractivity contribution is 6.24. The van der Waals surface area contributed by atoms with Crippen molar-refractivity contribution in [1.29, 1.82) is 0 Å². The van der Waals surface area contributed by atoms with E-state index in [4.69, 9.17) is 0 Å². The average Bonchev–Trinajstić information content (AvgIpc) is 2.54. The second kappa shape index (κ2) is 7.44. The first-order valence-electron chi connectivity index (χ1n) is 7.33. The number of rotatable bonds is 5. The Hall–Kier alpha value is -2.35. The predicted molar refractivity (Wildman–Crippen MR) is 88.7 cm³/mol. The molecule has 0 fully saturated rings. The molecular weight excluding hydrogens is 258 g/mol. The van der Waals surface area contributed by atoms with E-state index >= 15 is 0 Å². The van der Waals surface area contributed by atoms with Crippen LogP contribution in [0.15, 0.2) is 60.7 Å². The largest absolute Gasteiger partial charge is 0.350 e. The first-order chi connectivity index (χ1) is 10.2. The van der Waals surface area contributed by atoms with E-state index in [-0.39, 0.29) is 11.9 Å². The first kappa shape index (κ1) is 15.0. The van der Waals surface area contributed by atoms with Crippen LogP contribution in [0.1, 0.15) is 31.4 Å². The van der Waals surface area contributed by atoms with Crippen molar-refractivity contribution < 1.29 is 4.79 Å². The molecule has 2 heteroatoms. The SMILES string of the molecule is CC[C@@H](C)NC(=O)/C(=C/c1ccccc1)c1ccccc1. The smallest absolute Gasteiger partial charge is 0.252 e. The summed E-state index contributed by atoms with van der Waals surface area (Å²) in [5.74, 6) is -0.0283. The molecule has 2 aromatic rings. The fourth-order valence-corrected chi connectivity index (χ4v) is 2.02. The van der Waals surface area contributed by atoms with Gasteiger partial charge in [0.1, 0.15) is 0 Å². The number of carbonyl (C=O) groups is 1. The molecule has 0 aromatic heterocycles. The molecule has 1 atom stereocenters. The number of carbonyl (C=O) groups excluding carboxylic acids is 1. The summed E-state index contributed by atoms with van der Waals surface area (Å²) in [4.78, 5) is 12.5. The number of amides is 1. The van der Waals surface area contributed by atoms with Gasteiger partial charge < -0.3 is 5.32 Å². The molecule has 2 aromatic carbocycles. The number of nitrogens with one attached hydrogen (secondary N) is 1. The molecule has 0 aliphatic rings. The lowest BCUT2D eigenvalue weighted by molar-refractivity contribution is -0.116. The molecule has 0 spiro atoms. The van der Waals surface area contributed by atoms with Crippen LogP contribution in [0.3, 0.4) is 0 Å². The summed E-state index contributed by atoms with van der Waals surface area (Å²) in [6.07, 6.45) is 2.85. The number of benzene rings is 2. The Morgan fingerprint density at radius 2 is 1.62 bits per heavy atom. The van der Waals surface area contributed by atoms with Crippen molar-refractivity contribution in [3.63, 3.8) is 0 Å². The van der Waals surface area contributed by atoms with E-state index in [1.807, 2.05) is 73.7 Å². The van der Waals surface area contributed by atoms with Gasteiger partial charge >= 0.3 is 0 Å². The maximum atomic E-state index is 12.5. The zero-order valence-corrected chi connectivity index (χ0v) is 12.5. The van der Waals surface area contributed by atoms with Gasteiger partial charge in [0.05, 0.1) is 0 Å². The van der Waals surface area contributed by atoms with Crippen LogP contribution in [0.4, 0.5) is 0 Å². The Balaban J connectivity index is 2.36. The van der Waals surface area contributed by atoms with Gasteiger partial charge in [-0.15, -0.1) is 0 Å². The second-order valence-corrected chi connectivity index (χ2v) is 5.12. The normalized spacial score (nSPS) is 12.8. The lowest BCUT2D eigenvalue weighted by Crippen LogP contribution is -2.32. The van der Waals surface area contributed by atoms with Crippen molar-refractivity contribution in [3.8, 4) is 0 Å². The minimum atomic E-state index is -0.0283. The predicted octanol–water partition coefficient (Wildman–Crippen LogP) is 4.14. The third-order valence-electron chi connectivity index (χ3n) is 3.43. The van der Waals surface area contributed by atoms with Crippen molar-refractivity contribution in [3.05, 3.63) is 71.8 Å². The molecule has 21 heavy (non-hydrogen) atoms. The lowest BCUT2D eigenvalue weighted by atomic mass is 10.0. The second-order valence-electron chi connectivity index (χ2n) is 5.12.